The van der Waals surface area contributed by atoms with Gasteiger partial charge in [0, 0.05) is 11.6 Å². The minimum absolute atomic E-state index is 0.0464. The second-order valence-electron chi connectivity index (χ2n) is 4.77. The van der Waals surface area contributed by atoms with Crippen molar-refractivity contribution >= 4 is 17.5 Å². The Morgan fingerprint density at radius 3 is 2.81 bits per heavy atom. The van der Waals surface area contributed by atoms with E-state index in [1.807, 2.05) is 30.3 Å². The molecule has 0 saturated heterocycles. The van der Waals surface area contributed by atoms with E-state index in [-0.39, 0.29) is 12.7 Å². The molecule has 1 heterocycles. The van der Waals surface area contributed by atoms with E-state index in [0.717, 1.165) is 22.6 Å². The van der Waals surface area contributed by atoms with Gasteiger partial charge in [-0.2, -0.15) is 0 Å². The first-order chi connectivity index (χ1) is 10.2. The highest BCUT2D eigenvalue weighted by Gasteiger charge is 2.13. The summed E-state index contributed by atoms with van der Waals surface area (Å²) in [5.74, 6) is 1.41. The third-order valence-corrected chi connectivity index (χ3v) is 3.42. The lowest BCUT2D eigenvalue weighted by Crippen LogP contribution is -2.24. The lowest BCUT2D eigenvalue weighted by molar-refractivity contribution is -0.120. The molecule has 1 N–H and O–H groups in total. The molecule has 1 aliphatic heterocycles. The Morgan fingerprint density at radius 1 is 1.10 bits per heavy atom. The van der Waals surface area contributed by atoms with Gasteiger partial charge in [-0.05, 0) is 35.4 Å². The lowest BCUT2D eigenvalue weighted by atomic mass is 10.1. The summed E-state index contributed by atoms with van der Waals surface area (Å²) in [5.41, 5.74) is 1.87. The van der Waals surface area contributed by atoms with Gasteiger partial charge < -0.3 is 14.8 Å². The van der Waals surface area contributed by atoms with Crippen LogP contribution in [0.25, 0.3) is 0 Å². The molecule has 0 fully saturated rings. The zero-order chi connectivity index (χ0) is 14.7. The molecule has 0 atom stereocenters. The van der Waals surface area contributed by atoms with Crippen molar-refractivity contribution in [3.63, 3.8) is 0 Å². The van der Waals surface area contributed by atoms with Crippen molar-refractivity contribution in [2.24, 2.45) is 0 Å². The van der Waals surface area contributed by atoms with Crippen molar-refractivity contribution in [1.82, 2.24) is 5.32 Å². The van der Waals surface area contributed by atoms with Crippen LogP contribution in [0.3, 0.4) is 0 Å². The summed E-state index contributed by atoms with van der Waals surface area (Å²) in [4.78, 5) is 11.9. The molecule has 1 amide bonds. The molecule has 4 nitrogen and oxygen atoms in total. The first-order valence-electron chi connectivity index (χ1n) is 6.60. The summed E-state index contributed by atoms with van der Waals surface area (Å²) in [6, 6.07) is 12.9. The number of hydrogen-bond donors (Lipinski definition) is 1. The molecular weight excluding hydrogens is 290 g/mol. The smallest absolute Gasteiger partial charge is 0.231 e. The van der Waals surface area contributed by atoms with Gasteiger partial charge in [0.05, 0.1) is 6.42 Å². The van der Waals surface area contributed by atoms with Crippen molar-refractivity contribution < 1.29 is 14.3 Å². The Bertz CT molecular complexity index is 672. The van der Waals surface area contributed by atoms with Crippen molar-refractivity contribution in [1.29, 1.82) is 0 Å². The zero-order valence-corrected chi connectivity index (χ0v) is 12.0. The molecule has 0 aromatic heterocycles. The number of ether oxygens (including phenoxy) is 2. The number of carbonyl (C=O) groups excluding carboxylic acids is 1. The third kappa shape index (κ3) is 3.47. The minimum Gasteiger partial charge on any atom is -0.454 e. The van der Waals surface area contributed by atoms with Gasteiger partial charge in [-0.25, -0.2) is 0 Å². The fourth-order valence-electron chi connectivity index (χ4n) is 2.15. The fourth-order valence-corrected chi connectivity index (χ4v) is 2.36. The van der Waals surface area contributed by atoms with Crippen molar-refractivity contribution in [2.45, 2.75) is 13.0 Å². The maximum absolute atomic E-state index is 11.9. The number of hydrogen-bond acceptors (Lipinski definition) is 3. The summed E-state index contributed by atoms with van der Waals surface area (Å²) in [7, 11) is 0. The largest absolute Gasteiger partial charge is 0.454 e. The molecule has 2 aromatic rings. The van der Waals surface area contributed by atoms with E-state index in [1.54, 1.807) is 12.1 Å². The predicted octanol–water partition coefficient (Wildman–Crippen LogP) is 2.93. The highest BCUT2D eigenvalue weighted by Crippen LogP contribution is 2.32. The summed E-state index contributed by atoms with van der Waals surface area (Å²) in [6.45, 7) is 0.704. The maximum Gasteiger partial charge on any atom is 0.231 e. The molecule has 5 heteroatoms. The van der Waals surface area contributed by atoms with Crippen LogP contribution in [0, 0.1) is 0 Å². The van der Waals surface area contributed by atoms with Crippen LogP contribution in [0.1, 0.15) is 11.1 Å². The van der Waals surface area contributed by atoms with Crippen LogP contribution in [0.5, 0.6) is 11.5 Å². The fraction of sp³-hybridized carbons (Fsp3) is 0.188. The van der Waals surface area contributed by atoms with Crippen LogP contribution in [0.15, 0.2) is 42.5 Å². The summed E-state index contributed by atoms with van der Waals surface area (Å²) < 4.78 is 10.6. The summed E-state index contributed by atoms with van der Waals surface area (Å²) in [6.07, 6.45) is 0.311. The van der Waals surface area contributed by atoms with E-state index in [2.05, 4.69) is 5.32 Å². The van der Waals surface area contributed by atoms with Gasteiger partial charge in [-0.3, -0.25) is 4.79 Å². The molecule has 0 aliphatic carbocycles. The van der Waals surface area contributed by atoms with Gasteiger partial charge in [0.2, 0.25) is 12.7 Å². The predicted molar refractivity (Wildman–Crippen MR) is 79.6 cm³/mol. The van der Waals surface area contributed by atoms with Gasteiger partial charge in [0.1, 0.15) is 0 Å². The number of benzene rings is 2. The molecule has 21 heavy (non-hydrogen) atoms. The van der Waals surface area contributed by atoms with Gasteiger partial charge in [0.25, 0.3) is 0 Å². The normalized spacial score (nSPS) is 12.2. The highest BCUT2D eigenvalue weighted by molar-refractivity contribution is 6.30. The van der Waals surface area contributed by atoms with E-state index in [9.17, 15) is 4.79 Å². The molecule has 0 bridgehead atoms. The molecule has 0 spiro atoms. The second kappa shape index (κ2) is 6.06. The van der Waals surface area contributed by atoms with Crippen molar-refractivity contribution in [2.75, 3.05) is 6.79 Å². The summed E-state index contributed by atoms with van der Waals surface area (Å²) in [5, 5.41) is 3.51. The second-order valence-corrected chi connectivity index (χ2v) is 5.21. The van der Waals surface area contributed by atoms with Crippen LogP contribution in [-0.2, 0) is 17.8 Å². The first kappa shape index (κ1) is 13.8. The molecule has 108 valence electrons. The Balaban J connectivity index is 1.56. The van der Waals surface area contributed by atoms with E-state index in [4.69, 9.17) is 21.1 Å². The van der Waals surface area contributed by atoms with Gasteiger partial charge in [0.15, 0.2) is 11.5 Å². The monoisotopic (exact) mass is 303 g/mol. The molecule has 2 aromatic carbocycles. The van der Waals surface area contributed by atoms with Crippen LogP contribution >= 0.6 is 11.6 Å². The highest BCUT2D eigenvalue weighted by atomic mass is 35.5. The van der Waals surface area contributed by atoms with Crippen LogP contribution in [0.2, 0.25) is 5.02 Å². The number of fused-ring (bicyclic) bond motifs is 1. The summed E-state index contributed by atoms with van der Waals surface area (Å²) >= 11 is 5.90. The average Bonchev–Trinajstić information content (AvgIpc) is 2.92. The van der Waals surface area contributed by atoms with E-state index < -0.39 is 0 Å². The average molecular weight is 304 g/mol. The van der Waals surface area contributed by atoms with Crippen molar-refractivity contribution in [3.05, 3.63) is 58.6 Å². The van der Waals surface area contributed by atoms with E-state index in [1.165, 1.54) is 0 Å². The molecule has 3 rings (SSSR count). The minimum atomic E-state index is -0.0464. The van der Waals surface area contributed by atoms with Gasteiger partial charge >= 0.3 is 0 Å². The molecule has 1 aliphatic rings. The van der Waals surface area contributed by atoms with Crippen LogP contribution in [-0.4, -0.2) is 12.7 Å². The van der Waals surface area contributed by atoms with Crippen LogP contribution < -0.4 is 14.8 Å². The van der Waals surface area contributed by atoms with Crippen LogP contribution in [0.4, 0.5) is 0 Å². The quantitative estimate of drug-likeness (QED) is 0.944. The zero-order valence-electron chi connectivity index (χ0n) is 11.3. The van der Waals surface area contributed by atoms with Crippen molar-refractivity contribution in [3.8, 4) is 11.5 Å². The number of nitrogens with one attached hydrogen (secondary N) is 1. The number of halogens is 1. The van der Waals surface area contributed by atoms with Gasteiger partial charge in [-0.1, -0.05) is 29.8 Å². The Morgan fingerprint density at radius 2 is 1.95 bits per heavy atom. The Kier molecular flexibility index (Phi) is 3.97. The first-order valence-corrected chi connectivity index (χ1v) is 6.98. The maximum atomic E-state index is 11.9. The standard InChI is InChI=1S/C16H14ClNO3/c17-13-3-1-2-11(6-13)8-16(19)18-9-12-4-5-14-15(7-12)21-10-20-14/h1-7H,8-10H2,(H,18,19). The van der Waals surface area contributed by atoms with E-state index >= 15 is 0 Å². The molecule has 0 radical (unpaired) electrons. The number of rotatable bonds is 4. The topological polar surface area (TPSA) is 47.6 Å². The molecule has 0 unspecified atom stereocenters. The Labute approximate surface area is 127 Å². The van der Waals surface area contributed by atoms with E-state index in [0.29, 0.717) is 18.0 Å². The number of carbonyl (C=O) groups is 1. The Hall–Kier alpha value is -2.20. The molecular formula is C16H14ClNO3. The van der Waals surface area contributed by atoms with Gasteiger partial charge in [-0.15, -0.1) is 0 Å². The number of amides is 1. The SMILES string of the molecule is O=C(Cc1cccc(Cl)c1)NCc1ccc2c(c1)OCO2. The third-order valence-electron chi connectivity index (χ3n) is 3.18. The molecule has 0 saturated carbocycles. The lowest BCUT2D eigenvalue weighted by Gasteiger charge is -2.06.